The number of fused-ring (bicyclic) bond motifs is 1. The number of quaternary nitrogens is 1. The zero-order chi connectivity index (χ0) is 25.7. The largest absolute Gasteiger partial charge is 0.469 e. The van der Waals surface area contributed by atoms with Gasteiger partial charge >= 0.3 is 5.97 Å². The summed E-state index contributed by atoms with van der Waals surface area (Å²) in [6, 6.07) is 13.0. The van der Waals surface area contributed by atoms with Gasteiger partial charge < -0.3 is 14.1 Å². The van der Waals surface area contributed by atoms with E-state index in [1.54, 1.807) is 0 Å². The predicted molar refractivity (Wildman–Crippen MR) is 148 cm³/mol. The van der Waals surface area contributed by atoms with Crippen LogP contribution in [0, 0.1) is 11.8 Å². The third-order valence-corrected chi connectivity index (χ3v) is 8.46. The molecule has 0 spiro atoms. The van der Waals surface area contributed by atoms with Gasteiger partial charge in [-0.3, -0.25) is 4.79 Å². The fourth-order valence-electron chi connectivity index (χ4n) is 5.13. The molecular formula is C30H41N3O2S+2. The van der Waals surface area contributed by atoms with Crippen molar-refractivity contribution in [2.24, 2.45) is 11.8 Å². The minimum Gasteiger partial charge on any atom is -0.469 e. The van der Waals surface area contributed by atoms with Gasteiger partial charge in [-0.2, -0.15) is 0 Å². The Morgan fingerprint density at radius 3 is 2.39 bits per heavy atom. The average Bonchev–Trinajstić information content (AvgIpc) is 3.18. The summed E-state index contributed by atoms with van der Waals surface area (Å²) >= 11 is 1.84. The van der Waals surface area contributed by atoms with Crippen LogP contribution in [0.2, 0.25) is 0 Å². The van der Waals surface area contributed by atoms with Crippen LogP contribution in [0.25, 0.3) is 6.08 Å². The summed E-state index contributed by atoms with van der Waals surface area (Å²) in [5.41, 5.74) is 3.84. The summed E-state index contributed by atoms with van der Waals surface area (Å²) in [5, 5.41) is 1.25. The van der Waals surface area contributed by atoms with Gasteiger partial charge in [-0.25, -0.2) is 4.57 Å². The number of pyridine rings is 1. The number of anilines is 1. The number of nitrogens with zero attached hydrogens (tertiary/aromatic N) is 3. The number of rotatable bonds is 8. The Bertz CT molecular complexity index is 1110. The molecule has 1 fully saturated rings. The normalized spacial score (nSPS) is 21.5. The number of methoxy groups -OCH3 is 1. The van der Waals surface area contributed by atoms with Crippen molar-refractivity contribution in [3.8, 4) is 0 Å². The van der Waals surface area contributed by atoms with Crippen LogP contribution >= 0.6 is 11.8 Å². The lowest BCUT2D eigenvalue weighted by molar-refractivity contribution is -0.873. The maximum Gasteiger partial charge on any atom is 0.308 e. The molecule has 2 aliphatic rings. The molecule has 0 atom stereocenters. The number of para-hydroxylation sites is 1. The van der Waals surface area contributed by atoms with E-state index < -0.39 is 0 Å². The number of hydrogen-bond acceptors (Lipinski definition) is 4. The van der Waals surface area contributed by atoms with Crippen molar-refractivity contribution >= 4 is 29.5 Å². The molecule has 2 aromatic rings. The van der Waals surface area contributed by atoms with Crippen LogP contribution < -0.4 is 9.47 Å². The summed E-state index contributed by atoms with van der Waals surface area (Å²) in [6.45, 7) is 2.20. The van der Waals surface area contributed by atoms with Crippen molar-refractivity contribution in [1.29, 1.82) is 0 Å². The molecule has 0 saturated heterocycles. The maximum atomic E-state index is 12.1. The fraction of sp³-hybridized carbons (Fsp3) is 0.467. The Morgan fingerprint density at radius 1 is 1.08 bits per heavy atom. The molecule has 0 radical (unpaired) electrons. The van der Waals surface area contributed by atoms with Crippen LogP contribution in [-0.4, -0.2) is 52.3 Å². The van der Waals surface area contributed by atoms with Gasteiger partial charge in [0.1, 0.15) is 0 Å². The number of benzene rings is 1. The highest BCUT2D eigenvalue weighted by Crippen LogP contribution is 2.46. The summed E-state index contributed by atoms with van der Waals surface area (Å²) in [4.78, 5) is 15.7. The van der Waals surface area contributed by atoms with E-state index in [0.29, 0.717) is 5.92 Å². The summed E-state index contributed by atoms with van der Waals surface area (Å²) in [6.07, 6.45) is 14.1. The second-order valence-electron chi connectivity index (χ2n) is 11.1. The number of aromatic nitrogens is 1. The third-order valence-electron chi connectivity index (χ3n) is 7.29. The van der Waals surface area contributed by atoms with E-state index in [-0.39, 0.29) is 11.9 Å². The number of carbonyl (C=O) groups excluding carboxylic acids is 1. The van der Waals surface area contributed by atoms with Gasteiger partial charge in [0.05, 0.1) is 57.9 Å². The average molecular weight is 508 g/mol. The fourth-order valence-corrected chi connectivity index (χ4v) is 6.24. The van der Waals surface area contributed by atoms with Crippen molar-refractivity contribution in [2.45, 2.75) is 43.5 Å². The van der Waals surface area contributed by atoms with Crippen molar-refractivity contribution in [2.75, 3.05) is 46.7 Å². The van der Waals surface area contributed by atoms with E-state index in [2.05, 4.69) is 98.6 Å². The Balaban J connectivity index is 1.54. The molecule has 1 saturated carbocycles. The van der Waals surface area contributed by atoms with Crippen molar-refractivity contribution in [1.82, 2.24) is 0 Å². The summed E-state index contributed by atoms with van der Waals surface area (Å²) < 4.78 is 8.29. The number of esters is 1. The molecule has 192 valence electrons. The van der Waals surface area contributed by atoms with Crippen LogP contribution in [-0.2, 0) is 16.1 Å². The number of aryl methyl sites for hydroxylation is 1. The first-order chi connectivity index (χ1) is 17.2. The van der Waals surface area contributed by atoms with Gasteiger partial charge in [0, 0.05) is 24.1 Å². The highest BCUT2D eigenvalue weighted by Gasteiger charge is 2.29. The molecule has 0 N–H and O–H groups in total. The molecule has 0 unspecified atom stereocenters. The quantitative estimate of drug-likeness (QED) is 0.268. The highest BCUT2D eigenvalue weighted by molar-refractivity contribution is 8.03. The van der Waals surface area contributed by atoms with Gasteiger partial charge in [-0.1, -0.05) is 30.0 Å². The van der Waals surface area contributed by atoms with Gasteiger partial charge in [-0.05, 0) is 60.9 Å². The number of hydrogen-bond donors (Lipinski definition) is 0. The topological polar surface area (TPSA) is 33.4 Å². The lowest BCUT2D eigenvalue weighted by Crippen LogP contribution is -2.39. The number of ether oxygens (including phenoxy) is 1. The molecule has 4 rings (SSSR count). The van der Waals surface area contributed by atoms with Crippen LogP contribution in [0.4, 0.5) is 5.69 Å². The maximum absolute atomic E-state index is 12.1. The van der Waals surface area contributed by atoms with Crippen molar-refractivity contribution in [3.63, 3.8) is 0 Å². The molecule has 1 aromatic heterocycles. The lowest BCUT2D eigenvalue weighted by atomic mass is 9.78. The smallest absolute Gasteiger partial charge is 0.308 e. The molecule has 0 amide bonds. The van der Waals surface area contributed by atoms with E-state index in [4.69, 9.17) is 4.74 Å². The minimum absolute atomic E-state index is 0.0374. The molecule has 1 aliphatic carbocycles. The SMILES string of the molecule is COC(=O)C1CCC(C(=C\c2cc[n+](CCC[N+](C)(C)C)cc2)/C=C2/Sc3ccccc3N2C)CC1. The third kappa shape index (κ3) is 6.80. The Labute approximate surface area is 221 Å². The van der Waals surface area contributed by atoms with Crippen LogP contribution in [0.5, 0.6) is 0 Å². The first-order valence-corrected chi connectivity index (χ1v) is 13.9. The zero-order valence-electron chi connectivity index (χ0n) is 22.4. The number of allylic oxidation sites excluding steroid dienone is 2. The Kier molecular flexibility index (Phi) is 8.58. The summed E-state index contributed by atoms with van der Waals surface area (Å²) in [7, 11) is 10.4. The van der Waals surface area contributed by atoms with Crippen LogP contribution in [0.3, 0.4) is 0 Å². The standard InChI is InChI=1S/C30H41N3O2S/c1-31-27-9-6-7-10-28(27)36-29(31)22-26(24-11-13-25(14-12-24)30(34)35-5)21-23-15-18-32(19-16-23)17-8-20-33(2,3)4/h6-7,9-10,15-16,18-19,21-22,24-25H,8,11-14,17,20H2,1-5H3/q+2. The molecule has 1 aliphatic heterocycles. The van der Waals surface area contributed by atoms with Gasteiger partial charge in [0.15, 0.2) is 18.9 Å². The molecule has 2 heterocycles. The van der Waals surface area contributed by atoms with E-state index >= 15 is 0 Å². The Hall–Kier alpha value is -2.57. The molecule has 6 heteroatoms. The second-order valence-corrected chi connectivity index (χ2v) is 12.1. The number of carbonyl (C=O) groups is 1. The van der Waals surface area contributed by atoms with Gasteiger partial charge in [-0.15, -0.1) is 0 Å². The predicted octanol–water partition coefficient (Wildman–Crippen LogP) is 5.52. The first kappa shape index (κ1) is 26.5. The highest BCUT2D eigenvalue weighted by atomic mass is 32.2. The second kappa shape index (κ2) is 11.7. The van der Waals surface area contributed by atoms with E-state index in [1.807, 2.05) is 11.8 Å². The summed E-state index contributed by atoms with van der Waals surface area (Å²) in [5.74, 6) is 0.417. The monoisotopic (exact) mass is 507 g/mol. The van der Waals surface area contributed by atoms with E-state index in [1.165, 1.54) is 33.9 Å². The Morgan fingerprint density at radius 2 is 1.75 bits per heavy atom. The minimum atomic E-state index is -0.0586. The number of thioether (sulfide) groups is 1. The van der Waals surface area contributed by atoms with E-state index in [0.717, 1.165) is 49.7 Å². The molecule has 1 aromatic carbocycles. The van der Waals surface area contributed by atoms with Crippen molar-refractivity contribution < 1.29 is 18.6 Å². The van der Waals surface area contributed by atoms with Crippen LogP contribution in [0.15, 0.2) is 70.4 Å². The molecular weight excluding hydrogens is 466 g/mol. The molecule has 36 heavy (non-hydrogen) atoms. The van der Waals surface area contributed by atoms with Gasteiger partial charge in [0.25, 0.3) is 0 Å². The van der Waals surface area contributed by atoms with E-state index in [9.17, 15) is 4.79 Å². The van der Waals surface area contributed by atoms with Crippen LogP contribution in [0.1, 0.15) is 37.7 Å². The van der Waals surface area contributed by atoms with Crippen molar-refractivity contribution in [3.05, 3.63) is 71.0 Å². The van der Waals surface area contributed by atoms with Gasteiger partial charge in [0.2, 0.25) is 0 Å². The molecule has 5 nitrogen and oxygen atoms in total. The zero-order valence-corrected chi connectivity index (χ0v) is 23.3. The molecule has 0 bridgehead atoms. The first-order valence-electron chi connectivity index (χ1n) is 13.0. The lowest BCUT2D eigenvalue weighted by Gasteiger charge is -2.28.